The molecule has 1 atom stereocenters. The number of nitrogens with one attached hydrogen (secondary N) is 1. The van der Waals surface area contributed by atoms with Crippen molar-refractivity contribution in [1.82, 2.24) is 10.3 Å². The number of hydrogen-bond acceptors (Lipinski definition) is 3. The Morgan fingerprint density at radius 1 is 1.26 bits per heavy atom. The van der Waals surface area contributed by atoms with Crippen molar-refractivity contribution in [1.29, 1.82) is 0 Å². The lowest BCUT2D eigenvalue weighted by Gasteiger charge is -2.11. The third-order valence-corrected chi connectivity index (χ3v) is 4.47. The van der Waals surface area contributed by atoms with E-state index in [1.165, 1.54) is 21.9 Å². The molecule has 1 N–H and O–H groups in total. The van der Waals surface area contributed by atoms with Crippen LogP contribution in [0.2, 0.25) is 0 Å². The molecule has 19 heavy (non-hydrogen) atoms. The van der Waals surface area contributed by atoms with Gasteiger partial charge >= 0.3 is 0 Å². The molecule has 0 saturated heterocycles. The van der Waals surface area contributed by atoms with Gasteiger partial charge < -0.3 is 5.32 Å². The summed E-state index contributed by atoms with van der Waals surface area (Å²) in [5, 5.41) is 4.74. The molecule has 0 aliphatic rings. The smallest absolute Gasteiger partial charge is 0.0925 e. The maximum absolute atomic E-state index is 4.37. The zero-order valence-electron chi connectivity index (χ0n) is 11.7. The largest absolute Gasteiger partial charge is 0.312 e. The van der Waals surface area contributed by atoms with Crippen LogP contribution >= 0.6 is 11.3 Å². The van der Waals surface area contributed by atoms with Crippen molar-refractivity contribution < 1.29 is 0 Å². The Balaban J connectivity index is 1.69. The van der Waals surface area contributed by atoms with Gasteiger partial charge in [0, 0.05) is 17.6 Å². The molecule has 0 aliphatic carbocycles. The first kappa shape index (κ1) is 14.2. The Kier molecular flexibility index (Phi) is 5.55. The van der Waals surface area contributed by atoms with E-state index in [2.05, 4.69) is 54.5 Å². The highest BCUT2D eigenvalue weighted by atomic mass is 32.1. The summed E-state index contributed by atoms with van der Waals surface area (Å²) in [4.78, 5) is 5.71. The molecule has 1 unspecified atom stereocenters. The van der Waals surface area contributed by atoms with Gasteiger partial charge in [0.05, 0.1) is 5.01 Å². The summed E-state index contributed by atoms with van der Waals surface area (Å²) in [6.45, 7) is 6.44. The van der Waals surface area contributed by atoms with E-state index in [0.29, 0.717) is 5.92 Å². The Morgan fingerprint density at radius 3 is 2.74 bits per heavy atom. The Hall–Kier alpha value is -1.19. The monoisotopic (exact) mass is 274 g/mol. The van der Waals surface area contributed by atoms with Gasteiger partial charge in [0.1, 0.15) is 0 Å². The molecule has 0 bridgehead atoms. The second-order valence-corrected chi connectivity index (χ2v) is 6.05. The number of aryl methyl sites for hydroxylation is 1. The molecule has 1 aromatic carbocycles. The SMILES string of the molecule is CCc1ncc(CNCCC(C)c2ccccc2)s1. The van der Waals surface area contributed by atoms with Crippen molar-refractivity contribution in [2.24, 2.45) is 0 Å². The van der Waals surface area contributed by atoms with Gasteiger partial charge in [0.15, 0.2) is 0 Å². The summed E-state index contributed by atoms with van der Waals surface area (Å²) in [6, 6.07) is 10.7. The molecule has 2 rings (SSSR count). The molecule has 2 aromatic rings. The molecule has 1 heterocycles. The fourth-order valence-electron chi connectivity index (χ4n) is 2.07. The highest BCUT2D eigenvalue weighted by Crippen LogP contribution is 2.18. The zero-order chi connectivity index (χ0) is 13.5. The third-order valence-electron chi connectivity index (χ3n) is 3.33. The molecular formula is C16H22N2S. The van der Waals surface area contributed by atoms with E-state index in [9.17, 15) is 0 Å². The Morgan fingerprint density at radius 2 is 2.05 bits per heavy atom. The average Bonchev–Trinajstić information content (AvgIpc) is 2.92. The Bertz CT molecular complexity index is 479. The predicted octanol–water partition coefficient (Wildman–Crippen LogP) is 3.99. The van der Waals surface area contributed by atoms with Crippen molar-refractivity contribution >= 4 is 11.3 Å². The van der Waals surface area contributed by atoms with E-state index in [-0.39, 0.29) is 0 Å². The van der Waals surface area contributed by atoms with E-state index in [0.717, 1.165) is 19.5 Å². The van der Waals surface area contributed by atoms with Crippen molar-refractivity contribution in [3.05, 3.63) is 52.0 Å². The first-order valence-corrected chi connectivity index (χ1v) is 7.80. The van der Waals surface area contributed by atoms with Gasteiger partial charge in [-0.2, -0.15) is 0 Å². The summed E-state index contributed by atoms with van der Waals surface area (Å²) in [5.74, 6) is 0.612. The van der Waals surface area contributed by atoms with E-state index >= 15 is 0 Å². The topological polar surface area (TPSA) is 24.9 Å². The van der Waals surface area contributed by atoms with Gasteiger partial charge in [0.25, 0.3) is 0 Å². The van der Waals surface area contributed by atoms with Crippen LogP contribution in [0.3, 0.4) is 0 Å². The first-order valence-electron chi connectivity index (χ1n) is 6.99. The quantitative estimate of drug-likeness (QED) is 0.772. The summed E-state index contributed by atoms with van der Waals surface area (Å²) in [6.07, 6.45) is 4.20. The van der Waals surface area contributed by atoms with Crippen LogP contribution in [0.25, 0.3) is 0 Å². The molecule has 2 nitrogen and oxygen atoms in total. The molecule has 0 amide bonds. The Labute approximate surface area is 119 Å². The standard InChI is InChI=1S/C16H22N2S/c1-3-16-18-12-15(19-16)11-17-10-9-13(2)14-7-5-4-6-8-14/h4-8,12-13,17H,3,9-11H2,1-2H3. The summed E-state index contributed by atoms with van der Waals surface area (Å²) < 4.78 is 0. The van der Waals surface area contributed by atoms with Crippen LogP contribution in [0.5, 0.6) is 0 Å². The second-order valence-electron chi connectivity index (χ2n) is 4.85. The molecular weight excluding hydrogens is 252 g/mol. The van der Waals surface area contributed by atoms with Crippen LogP contribution in [-0.4, -0.2) is 11.5 Å². The maximum atomic E-state index is 4.37. The van der Waals surface area contributed by atoms with Gasteiger partial charge in [-0.05, 0) is 30.9 Å². The van der Waals surface area contributed by atoms with Crippen molar-refractivity contribution in [2.45, 2.75) is 39.2 Å². The van der Waals surface area contributed by atoms with Gasteiger partial charge in [-0.15, -0.1) is 11.3 Å². The second kappa shape index (κ2) is 7.41. The van der Waals surface area contributed by atoms with Crippen molar-refractivity contribution in [3.63, 3.8) is 0 Å². The number of aromatic nitrogens is 1. The predicted molar refractivity (Wildman–Crippen MR) is 82.7 cm³/mol. The van der Waals surface area contributed by atoms with Crippen LogP contribution in [0.15, 0.2) is 36.5 Å². The number of nitrogens with zero attached hydrogens (tertiary/aromatic N) is 1. The van der Waals surface area contributed by atoms with Crippen LogP contribution in [0.4, 0.5) is 0 Å². The summed E-state index contributed by atoms with van der Waals surface area (Å²) in [7, 11) is 0. The fourth-order valence-corrected chi connectivity index (χ4v) is 2.90. The minimum absolute atomic E-state index is 0.612. The van der Waals surface area contributed by atoms with Crippen LogP contribution < -0.4 is 5.32 Å². The lowest BCUT2D eigenvalue weighted by molar-refractivity contribution is 0.597. The normalized spacial score (nSPS) is 12.5. The van der Waals surface area contributed by atoms with Crippen LogP contribution in [0.1, 0.15) is 41.6 Å². The molecule has 102 valence electrons. The van der Waals surface area contributed by atoms with E-state index in [1.54, 1.807) is 0 Å². The minimum Gasteiger partial charge on any atom is -0.312 e. The molecule has 1 aromatic heterocycles. The average molecular weight is 274 g/mol. The van der Waals surface area contributed by atoms with Gasteiger partial charge in [0.2, 0.25) is 0 Å². The molecule has 0 aliphatic heterocycles. The maximum Gasteiger partial charge on any atom is 0.0925 e. The highest BCUT2D eigenvalue weighted by molar-refractivity contribution is 7.11. The van der Waals surface area contributed by atoms with Gasteiger partial charge in [-0.25, -0.2) is 4.98 Å². The molecule has 0 radical (unpaired) electrons. The lowest BCUT2D eigenvalue weighted by atomic mass is 9.98. The fraction of sp³-hybridized carbons (Fsp3) is 0.438. The van der Waals surface area contributed by atoms with E-state index < -0.39 is 0 Å². The van der Waals surface area contributed by atoms with E-state index in [1.807, 2.05) is 17.5 Å². The van der Waals surface area contributed by atoms with Gasteiger partial charge in [-0.3, -0.25) is 0 Å². The summed E-state index contributed by atoms with van der Waals surface area (Å²) >= 11 is 1.81. The third kappa shape index (κ3) is 4.44. The molecule has 0 saturated carbocycles. The zero-order valence-corrected chi connectivity index (χ0v) is 12.5. The summed E-state index contributed by atoms with van der Waals surface area (Å²) in [5.41, 5.74) is 1.43. The number of rotatable bonds is 7. The lowest BCUT2D eigenvalue weighted by Crippen LogP contribution is -2.15. The molecule has 3 heteroatoms. The van der Waals surface area contributed by atoms with Crippen LogP contribution in [0, 0.1) is 0 Å². The molecule has 0 fully saturated rings. The van der Waals surface area contributed by atoms with Gasteiger partial charge in [-0.1, -0.05) is 44.2 Å². The number of hydrogen-bond donors (Lipinski definition) is 1. The highest BCUT2D eigenvalue weighted by Gasteiger charge is 2.04. The number of thiazole rings is 1. The van der Waals surface area contributed by atoms with Crippen LogP contribution in [-0.2, 0) is 13.0 Å². The van der Waals surface area contributed by atoms with E-state index in [4.69, 9.17) is 0 Å². The minimum atomic E-state index is 0.612. The van der Waals surface area contributed by atoms with Crippen molar-refractivity contribution in [3.8, 4) is 0 Å². The number of benzene rings is 1. The first-order chi connectivity index (χ1) is 9.29. The molecule has 0 spiro atoms. The van der Waals surface area contributed by atoms with Crippen molar-refractivity contribution in [2.75, 3.05) is 6.54 Å².